The number of halogens is 1. The highest BCUT2D eigenvalue weighted by Crippen LogP contribution is 2.26. The van der Waals surface area contributed by atoms with Crippen molar-refractivity contribution in [2.45, 2.75) is 33.1 Å². The number of hydrogen-bond donors (Lipinski definition) is 4. The van der Waals surface area contributed by atoms with E-state index in [9.17, 15) is 14.0 Å². The first-order valence-corrected chi connectivity index (χ1v) is 12.1. The van der Waals surface area contributed by atoms with Gasteiger partial charge in [-0.25, -0.2) is 14.5 Å². The predicted octanol–water partition coefficient (Wildman–Crippen LogP) is 5.25. The number of amidine groups is 1. The minimum Gasteiger partial charge on any atom is -0.336 e. The van der Waals surface area contributed by atoms with Crippen LogP contribution in [0.25, 0.3) is 11.3 Å². The maximum atomic E-state index is 14.6. The van der Waals surface area contributed by atoms with Crippen molar-refractivity contribution in [3.05, 3.63) is 100 Å². The van der Waals surface area contributed by atoms with Crippen LogP contribution in [0.4, 0.5) is 15.8 Å². The number of H-pyrrole nitrogens is 1. The number of aromatic nitrogens is 2. The van der Waals surface area contributed by atoms with Crippen molar-refractivity contribution in [1.29, 1.82) is 0 Å². The molecular weight excluding hydrogens is 483 g/mol. The van der Waals surface area contributed by atoms with Crippen LogP contribution in [-0.4, -0.2) is 35.5 Å². The molecule has 0 saturated carbocycles. The molecule has 1 amide bonds. The lowest BCUT2D eigenvalue weighted by Crippen LogP contribution is -2.19. The van der Waals surface area contributed by atoms with Gasteiger partial charge in [0.05, 0.1) is 11.4 Å². The molecule has 0 aliphatic rings. The van der Waals surface area contributed by atoms with Gasteiger partial charge in [0.15, 0.2) is 0 Å². The van der Waals surface area contributed by atoms with E-state index >= 15 is 0 Å². The number of anilines is 2. The zero-order valence-corrected chi connectivity index (χ0v) is 22.3. The van der Waals surface area contributed by atoms with Crippen LogP contribution >= 0.6 is 0 Å². The molecule has 0 spiro atoms. The van der Waals surface area contributed by atoms with Gasteiger partial charge in [-0.05, 0) is 73.0 Å². The number of aromatic amines is 1. The van der Waals surface area contributed by atoms with Crippen LogP contribution in [0, 0.1) is 5.82 Å². The first kappa shape index (κ1) is 28.2. The zero-order chi connectivity index (χ0) is 27.9. The summed E-state index contributed by atoms with van der Waals surface area (Å²) in [6.07, 6.45) is 3.16. The van der Waals surface area contributed by atoms with Crippen LogP contribution < -0.4 is 21.5 Å². The molecule has 38 heavy (non-hydrogen) atoms. The molecule has 0 saturated heterocycles. The van der Waals surface area contributed by atoms with Crippen molar-refractivity contribution < 1.29 is 9.18 Å². The van der Waals surface area contributed by atoms with Gasteiger partial charge in [0.25, 0.3) is 11.5 Å². The maximum Gasteiger partial charge on any atom is 0.287 e. The van der Waals surface area contributed by atoms with E-state index < -0.39 is 17.3 Å². The number of nitrogens with one attached hydrogen (secondary N) is 4. The van der Waals surface area contributed by atoms with Gasteiger partial charge in [0.1, 0.15) is 17.3 Å². The SMILES string of the molecule is C=C/C(=N\C=C(/C)CNC)Nc1cc(-c2ccc(F)c(NC(=O)c3ccc(C(C)(C)C)cc3)c2)n[nH]c1=O. The second-order valence-corrected chi connectivity index (χ2v) is 9.82. The van der Waals surface area contributed by atoms with Crippen LogP contribution in [0.1, 0.15) is 43.6 Å². The van der Waals surface area contributed by atoms with E-state index in [0.29, 0.717) is 29.2 Å². The van der Waals surface area contributed by atoms with Gasteiger partial charge in [-0.2, -0.15) is 5.10 Å². The third kappa shape index (κ3) is 7.33. The first-order chi connectivity index (χ1) is 18.0. The average molecular weight is 517 g/mol. The molecule has 9 heteroatoms. The first-order valence-electron chi connectivity index (χ1n) is 12.1. The lowest BCUT2D eigenvalue weighted by atomic mass is 9.87. The molecule has 4 N–H and O–H groups in total. The van der Waals surface area contributed by atoms with E-state index in [-0.39, 0.29) is 16.8 Å². The largest absolute Gasteiger partial charge is 0.336 e. The summed E-state index contributed by atoms with van der Waals surface area (Å²) in [7, 11) is 1.84. The summed E-state index contributed by atoms with van der Waals surface area (Å²) in [5, 5.41) is 15.1. The summed E-state index contributed by atoms with van der Waals surface area (Å²) in [6.45, 7) is 12.6. The Labute approximate surface area is 221 Å². The van der Waals surface area contributed by atoms with Crippen molar-refractivity contribution in [3.8, 4) is 11.3 Å². The number of amides is 1. The molecule has 2 aromatic carbocycles. The highest BCUT2D eigenvalue weighted by atomic mass is 19.1. The molecule has 0 fully saturated rings. The van der Waals surface area contributed by atoms with Crippen LogP contribution in [0.2, 0.25) is 0 Å². The van der Waals surface area contributed by atoms with Gasteiger partial charge in [0.2, 0.25) is 0 Å². The van der Waals surface area contributed by atoms with E-state index in [1.807, 2.05) is 26.1 Å². The lowest BCUT2D eigenvalue weighted by molar-refractivity contribution is 0.102. The van der Waals surface area contributed by atoms with Crippen molar-refractivity contribution in [2.24, 2.45) is 4.99 Å². The summed E-state index contributed by atoms with van der Waals surface area (Å²) in [5.41, 5.74) is 3.01. The Morgan fingerprint density at radius 1 is 1.11 bits per heavy atom. The number of carbonyl (C=O) groups is 1. The Morgan fingerprint density at radius 3 is 2.45 bits per heavy atom. The number of carbonyl (C=O) groups excluding carboxylic acids is 1. The molecule has 0 bridgehead atoms. The molecule has 3 rings (SSSR count). The highest BCUT2D eigenvalue weighted by Gasteiger charge is 2.16. The molecule has 0 radical (unpaired) electrons. The summed E-state index contributed by atoms with van der Waals surface area (Å²) in [5.74, 6) is -0.666. The second-order valence-electron chi connectivity index (χ2n) is 9.82. The summed E-state index contributed by atoms with van der Waals surface area (Å²) < 4.78 is 14.6. The topological polar surface area (TPSA) is 111 Å². The second kappa shape index (κ2) is 12.2. The van der Waals surface area contributed by atoms with Gasteiger partial charge in [-0.15, -0.1) is 0 Å². The molecular formula is C29H33FN6O2. The average Bonchev–Trinajstić information content (AvgIpc) is 2.88. The lowest BCUT2D eigenvalue weighted by Gasteiger charge is -2.19. The van der Waals surface area contributed by atoms with Crippen LogP contribution in [0.5, 0.6) is 0 Å². The highest BCUT2D eigenvalue weighted by molar-refractivity contribution is 6.05. The minimum absolute atomic E-state index is 0.00611. The van der Waals surface area contributed by atoms with Crippen LogP contribution in [0.3, 0.4) is 0 Å². The van der Waals surface area contributed by atoms with Crippen molar-refractivity contribution >= 4 is 23.1 Å². The quantitative estimate of drug-likeness (QED) is 0.242. The van der Waals surface area contributed by atoms with Crippen LogP contribution in [-0.2, 0) is 5.41 Å². The summed E-state index contributed by atoms with van der Waals surface area (Å²) in [4.78, 5) is 29.5. The monoisotopic (exact) mass is 516 g/mol. The number of benzene rings is 2. The van der Waals surface area contributed by atoms with Gasteiger partial charge >= 0.3 is 0 Å². The van der Waals surface area contributed by atoms with Crippen molar-refractivity contribution in [3.63, 3.8) is 0 Å². The Hall–Kier alpha value is -4.37. The van der Waals surface area contributed by atoms with Crippen molar-refractivity contribution in [2.75, 3.05) is 24.2 Å². The number of nitrogens with zero attached hydrogens (tertiary/aromatic N) is 2. The summed E-state index contributed by atoms with van der Waals surface area (Å²) >= 11 is 0. The standard InChI is InChI=1S/C29H33FN6O2/c1-7-26(32-17-18(2)16-31-6)33-25-15-23(35-36-28(25)38)20-10-13-22(30)24(14-20)34-27(37)19-8-11-21(12-9-19)29(3,4)5/h7-15,17,31H,1,16H2,2-6H3,(H,34,37)(H,36,38)(H,32,33,35)/b18-17+. The zero-order valence-electron chi connectivity index (χ0n) is 22.3. The number of likely N-dealkylation sites (N-methyl/N-ethyl adjacent to an activating group) is 1. The molecule has 8 nitrogen and oxygen atoms in total. The molecule has 198 valence electrons. The number of hydrogen-bond acceptors (Lipinski definition) is 5. The third-order valence-electron chi connectivity index (χ3n) is 5.66. The predicted molar refractivity (Wildman–Crippen MR) is 152 cm³/mol. The molecule has 1 aromatic heterocycles. The fourth-order valence-corrected chi connectivity index (χ4v) is 3.52. The minimum atomic E-state index is -0.596. The molecule has 3 aromatic rings. The Bertz CT molecular complexity index is 1430. The Balaban J connectivity index is 1.85. The van der Waals surface area contributed by atoms with E-state index in [4.69, 9.17) is 0 Å². The smallest absolute Gasteiger partial charge is 0.287 e. The van der Waals surface area contributed by atoms with Crippen LogP contribution in [0.15, 0.2) is 82.7 Å². The third-order valence-corrected chi connectivity index (χ3v) is 5.66. The van der Waals surface area contributed by atoms with E-state index in [1.165, 1.54) is 30.3 Å². The fourth-order valence-electron chi connectivity index (χ4n) is 3.52. The normalized spacial score (nSPS) is 12.3. The fraction of sp³-hybridized carbons (Fsp3) is 0.241. The molecule has 1 heterocycles. The van der Waals surface area contributed by atoms with E-state index in [0.717, 1.165) is 11.1 Å². The molecule has 0 aliphatic heterocycles. The van der Waals surface area contributed by atoms with Crippen molar-refractivity contribution in [1.82, 2.24) is 15.5 Å². The van der Waals surface area contributed by atoms with Gasteiger partial charge in [-0.1, -0.05) is 39.5 Å². The molecule has 0 atom stereocenters. The number of rotatable bonds is 8. The Morgan fingerprint density at radius 2 is 1.82 bits per heavy atom. The number of aliphatic imine (C=N–C) groups is 1. The van der Waals surface area contributed by atoms with Gasteiger partial charge in [0, 0.05) is 23.9 Å². The van der Waals surface area contributed by atoms with E-state index in [1.54, 1.807) is 18.3 Å². The Kier molecular flexibility index (Phi) is 9.09. The molecule has 0 unspecified atom stereocenters. The summed E-state index contributed by atoms with van der Waals surface area (Å²) in [6, 6.07) is 12.9. The van der Waals surface area contributed by atoms with E-state index in [2.05, 4.69) is 58.5 Å². The molecule has 0 aliphatic carbocycles. The maximum absolute atomic E-state index is 14.6. The van der Waals surface area contributed by atoms with Gasteiger partial charge < -0.3 is 16.0 Å². The van der Waals surface area contributed by atoms with Gasteiger partial charge in [-0.3, -0.25) is 9.59 Å².